The van der Waals surface area contributed by atoms with Crippen LogP contribution in [0.1, 0.15) is 24.6 Å². The van der Waals surface area contributed by atoms with Gasteiger partial charge in [0.15, 0.2) is 5.65 Å². The minimum absolute atomic E-state index is 0.505. The lowest BCUT2D eigenvalue weighted by Gasteiger charge is -1.96. The van der Waals surface area contributed by atoms with Gasteiger partial charge in [0.05, 0.1) is 12.1 Å². The zero-order valence-corrected chi connectivity index (χ0v) is 8.20. The molecule has 4 heteroatoms. The molecule has 0 N–H and O–H groups in total. The molecule has 1 aliphatic rings. The summed E-state index contributed by atoms with van der Waals surface area (Å²) in [6.45, 7) is 0. The molecule has 70 valence electrons. The molecule has 0 aromatic carbocycles. The summed E-state index contributed by atoms with van der Waals surface area (Å²) < 4.78 is 1.55. The minimum Gasteiger partial charge on any atom is -0.305 e. The van der Waals surface area contributed by atoms with Crippen LogP contribution in [0.3, 0.4) is 0 Å². The summed E-state index contributed by atoms with van der Waals surface area (Å²) in [7, 11) is 5.88. The van der Waals surface area contributed by atoms with Crippen LogP contribution in [0.5, 0.6) is 0 Å². The largest absolute Gasteiger partial charge is 0.305 e. The second-order valence-electron chi connectivity index (χ2n) is 3.58. The third-order valence-electron chi connectivity index (χ3n) is 2.50. The Labute approximate surface area is 86.7 Å². The van der Waals surface area contributed by atoms with Gasteiger partial charge in [-0.05, 0) is 18.9 Å². The number of halogens is 1. The van der Waals surface area contributed by atoms with E-state index in [0.29, 0.717) is 22.1 Å². The predicted octanol–water partition coefficient (Wildman–Crippen LogP) is 2.48. The average Bonchev–Trinajstić information content (AvgIpc) is 2.94. The zero-order valence-electron chi connectivity index (χ0n) is 7.44. The third-order valence-corrected chi connectivity index (χ3v) is 2.80. The maximum atomic E-state index is 6.00. The molecule has 0 spiro atoms. The molecular formula is C10H8ClN3. The number of fused-ring (bicyclic) bond motifs is 1. The molecule has 0 atom stereocenters. The van der Waals surface area contributed by atoms with E-state index in [1.54, 1.807) is 16.8 Å². The van der Waals surface area contributed by atoms with Gasteiger partial charge in [-0.15, -0.1) is 0 Å². The maximum absolute atomic E-state index is 6.00. The summed E-state index contributed by atoms with van der Waals surface area (Å²) >= 11 is 6.00. The van der Waals surface area contributed by atoms with Crippen LogP contribution in [0, 0.1) is 7.05 Å². The highest BCUT2D eigenvalue weighted by atomic mass is 35.5. The molecule has 1 fully saturated rings. The van der Waals surface area contributed by atoms with Crippen molar-refractivity contribution in [3.8, 4) is 0 Å². The van der Waals surface area contributed by atoms with Crippen LogP contribution in [0.2, 0.25) is 5.02 Å². The molecule has 14 heavy (non-hydrogen) atoms. The molecule has 0 saturated heterocycles. The van der Waals surface area contributed by atoms with E-state index in [1.807, 2.05) is 0 Å². The number of nitrogens with zero attached hydrogens (tertiary/aromatic N) is 3. The third kappa shape index (κ3) is 1.05. The van der Waals surface area contributed by atoms with Gasteiger partial charge < -0.3 is 4.57 Å². The fourth-order valence-corrected chi connectivity index (χ4v) is 1.79. The molecule has 1 saturated carbocycles. The summed E-state index contributed by atoms with van der Waals surface area (Å²) in [6, 6.07) is 1.73. The second kappa shape index (κ2) is 2.70. The topological polar surface area (TPSA) is 30.7 Å². The fraction of sp³-hybridized carbons (Fsp3) is 0.300. The van der Waals surface area contributed by atoms with E-state index < -0.39 is 0 Å². The molecular weight excluding hydrogens is 198 g/mol. The first-order chi connectivity index (χ1) is 6.77. The van der Waals surface area contributed by atoms with Crippen LogP contribution in [0.15, 0.2) is 12.3 Å². The fourth-order valence-electron chi connectivity index (χ4n) is 1.61. The van der Waals surface area contributed by atoms with Crippen molar-refractivity contribution in [1.82, 2.24) is 14.5 Å². The van der Waals surface area contributed by atoms with Crippen LogP contribution in [0.4, 0.5) is 0 Å². The van der Waals surface area contributed by atoms with Crippen molar-refractivity contribution in [2.75, 3.05) is 0 Å². The lowest BCUT2D eigenvalue weighted by Crippen LogP contribution is -1.93. The Kier molecular flexibility index (Phi) is 1.59. The summed E-state index contributed by atoms with van der Waals surface area (Å²) in [4.78, 5) is 8.58. The average molecular weight is 206 g/mol. The van der Waals surface area contributed by atoms with E-state index in [4.69, 9.17) is 18.6 Å². The van der Waals surface area contributed by atoms with Crippen LogP contribution >= 0.6 is 11.6 Å². The molecule has 0 bridgehead atoms. The van der Waals surface area contributed by atoms with Crippen molar-refractivity contribution in [2.45, 2.75) is 18.8 Å². The number of hydrogen-bond acceptors (Lipinski definition) is 2. The van der Waals surface area contributed by atoms with Gasteiger partial charge in [-0.2, -0.15) is 0 Å². The molecule has 3 nitrogen and oxygen atoms in total. The van der Waals surface area contributed by atoms with E-state index in [1.165, 1.54) is 0 Å². The summed E-state index contributed by atoms with van der Waals surface area (Å²) in [6.07, 6.45) is 3.97. The minimum atomic E-state index is 0.505. The number of imidazole rings is 1. The molecule has 1 aliphatic carbocycles. The number of rotatable bonds is 1. The van der Waals surface area contributed by atoms with Gasteiger partial charge >= 0.3 is 0 Å². The van der Waals surface area contributed by atoms with Crippen LogP contribution < -0.4 is 0 Å². The molecule has 0 amide bonds. The molecule has 0 unspecified atom stereocenters. The van der Waals surface area contributed by atoms with Gasteiger partial charge in [0.2, 0.25) is 0 Å². The Hall–Kier alpha value is -1.09. The summed E-state index contributed by atoms with van der Waals surface area (Å²) in [5, 5.41) is 0.612. The van der Waals surface area contributed by atoms with Crippen LogP contribution in [-0.2, 0) is 0 Å². The van der Waals surface area contributed by atoms with E-state index >= 15 is 0 Å². The standard InChI is InChI=1S/C10H8ClN3/c1-14-9(6-2-3-6)13-8-7(11)4-5-12-10(8)14/h1,4-6H,2-3H2. The highest BCUT2D eigenvalue weighted by Crippen LogP contribution is 2.40. The Balaban J connectivity index is 2.33. The van der Waals surface area contributed by atoms with Crippen LogP contribution in [0.25, 0.3) is 11.2 Å². The first-order valence-corrected chi connectivity index (χ1v) is 4.93. The molecule has 0 aliphatic heterocycles. The summed E-state index contributed by atoms with van der Waals surface area (Å²) in [5.74, 6) is 1.41. The number of hydrogen-bond donors (Lipinski definition) is 0. The molecule has 2 radical (unpaired) electrons. The molecule has 2 aromatic heterocycles. The summed E-state index contributed by atoms with van der Waals surface area (Å²) in [5.41, 5.74) is 1.37. The van der Waals surface area contributed by atoms with E-state index in [9.17, 15) is 0 Å². The second-order valence-corrected chi connectivity index (χ2v) is 3.99. The normalized spacial score (nSPS) is 16.4. The van der Waals surface area contributed by atoms with Crippen molar-refractivity contribution < 1.29 is 0 Å². The number of pyridine rings is 1. The predicted molar refractivity (Wildman–Crippen MR) is 54.2 cm³/mol. The quantitative estimate of drug-likeness (QED) is 0.716. The van der Waals surface area contributed by atoms with Gasteiger partial charge in [-0.1, -0.05) is 11.6 Å². The highest BCUT2D eigenvalue weighted by molar-refractivity contribution is 6.34. The molecule has 3 rings (SSSR count). The smallest absolute Gasteiger partial charge is 0.161 e. The van der Waals surface area contributed by atoms with E-state index in [0.717, 1.165) is 18.7 Å². The Morgan fingerprint density at radius 1 is 1.50 bits per heavy atom. The van der Waals surface area contributed by atoms with Crippen molar-refractivity contribution in [2.24, 2.45) is 0 Å². The highest BCUT2D eigenvalue weighted by Gasteiger charge is 2.29. The van der Waals surface area contributed by atoms with Gasteiger partial charge in [0.25, 0.3) is 0 Å². The van der Waals surface area contributed by atoms with Crippen molar-refractivity contribution >= 4 is 22.8 Å². The van der Waals surface area contributed by atoms with E-state index in [2.05, 4.69) is 9.97 Å². The zero-order chi connectivity index (χ0) is 9.71. The maximum Gasteiger partial charge on any atom is 0.161 e. The van der Waals surface area contributed by atoms with Crippen molar-refractivity contribution in [1.29, 1.82) is 0 Å². The Morgan fingerprint density at radius 2 is 2.29 bits per heavy atom. The first-order valence-electron chi connectivity index (χ1n) is 4.55. The van der Waals surface area contributed by atoms with Crippen molar-refractivity contribution in [3.05, 3.63) is 30.2 Å². The SMILES string of the molecule is [CH]n1c(C2CC2)nc2c(Cl)ccnc21. The van der Waals surface area contributed by atoms with E-state index in [-0.39, 0.29) is 0 Å². The Morgan fingerprint density at radius 3 is 2.93 bits per heavy atom. The molecule has 2 heterocycles. The number of aromatic nitrogens is 3. The van der Waals surface area contributed by atoms with Gasteiger partial charge in [-0.25, -0.2) is 9.97 Å². The monoisotopic (exact) mass is 205 g/mol. The molecule has 2 aromatic rings. The van der Waals surface area contributed by atoms with Crippen molar-refractivity contribution in [3.63, 3.8) is 0 Å². The van der Waals surface area contributed by atoms with Crippen LogP contribution in [-0.4, -0.2) is 14.5 Å². The lowest BCUT2D eigenvalue weighted by molar-refractivity contribution is 0.888. The van der Waals surface area contributed by atoms with Gasteiger partial charge in [-0.3, -0.25) is 0 Å². The van der Waals surface area contributed by atoms with Gasteiger partial charge in [0.1, 0.15) is 11.3 Å². The Bertz CT molecular complexity index is 499. The lowest BCUT2D eigenvalue weighted by atomic mass is 10.4. The first kappa shape index (κ1) is 8.24. The van der Waals surface area contributed by atoms with Gasteiger partial charge in [0, 0.05) is 12.1 Å².